The lowest BCUT2D eigenvalue weighted by molar-refractivity contribution is 0.0786. The smallest absolute Gasteiger partial charge is 0.270 e. The minimum atomic E-state index is 0.0814. The maximum Gasteiger partial charge on any atom is 0.270 e. The third kappa shape index (κ3) is 2.32. The van der Waals surface area contributed by atoms with Gasteiger partial charge in [0.25, 0.3) is 5.91 Å². The van der Waals surface area contributed by atoms with Gasteiger partial charge in [0.2, 0.25) is 0 Å². The summed E-state index contributed by atoms with van der Waals surface area (Å²) >= 11 is 7.93. The van der Waals surface area contributed by atoms with E-state index in [4.69, 9.17) is 11.6 Å². The predicted molar refractivity (Wildman–Crippen MR) is 90.9 cm³/mol. The Bertz CT molecular complexity index is 809. The first-order valence-electron chi connectivity index (χ1n) is 7.32. The van der Waals surface area contributed by atoms with Crippen LogP contribution in [0.5, 0.6) is 0 Å². The molecule has 2 aromatic heterocycles. The fourth-order valence-electron chi connectivity index (χ4n) is 3.14. The van der Waals surface area contributed by atoms with Crippen LogP contribution < -0.4 is 0 Å². The van der Waals surface area contributed by atoms with E-state index >= 15 is 0 Å². The number of H-pyrrole nitrogens is 1. The Kier molecular flexibility index (Phi) is 3.43. The minimum absolute atomic E-state index is 0.0814. The summed E-state index contributed by atoms with van der Waals surface area (Å²) in [5.41, 5.74) is 2.86. The highest BCUT2D eigenvalue weighted by atomic mass is 35.5. The molecule has 3 heterocycles. The fourth-order valence-corrected chi connectivity index (χ4v) is 4.21. The number of hydrogen-bond donors (Lipinski definition) is 1. The van der Waals surface area contributed by atoms with E-state index in [1.807, 2.05) is 40.6 Å². The second kappa shape index (κ2) is 5.45. The standard InChI is InChI=1S/C17H15ClN2OS/c18-13-4-2-1-3-12(13)11-5-7-20(10-11)17(21)15-9-16-14(19-15)6-8-22-16/h1-4,6,8-9,11,19H,5,7,10H2/t11-/m0/s1. The van der Waals surface area contributed by atoms with Crippen molar-refractivity contribution < 1.29 is 4.79 Å². The number of aromatic nitrogens is 1. The predicted octanol–water partition coefficient (Wildman–Crippen LogP) is 4.51. The number of rotatable bonds is 2. The number of likely N-dealkylation sites (tertiary alicyclic amines) is 1. The topological polar surface area (TPSA) is 36.1 Å². The number of nitrogens with one attached hydrogen (secondary N) is 1. The number of amides is 1. The van der Waals surface area contributed by atoms with E-state index in [0.717, 1.165) is 40.3 Å². The summed E-state index contributed by atoms with van der Waals surface area (Å²) in [7, 11) is 0. The number of halogens is 1. The summed E-state index contributed by atoms with van der Waals surface area (Å²) < 4.78 is 1.13. The van der Waals surface area contributed by atoms with Crippen LogP contribution in [-0.2, 0) is 0 Å². The fraction of sp³-hybridized carbons (Fsp3) is 0.235. The molecule has 112 valence electrons. The summed E-state index contributed by atoms with van der Waals surface area (Å²) in [6, 6.07) is 11.9. The number of benzene rings is 1. The van der Waals surface area contributed by atoms with Crippen LogP contribution >= 0.6 is 22.9 Å². The molecule has 1 fully saturated rings. The van der Waals surface area contributed by atoms with Gasteiger partial charge in [-0.3, -0.25) is 4.79 Å². The van der Waals surface area contributed by atoms with Crippen LogP contribution in [0.4, 0.5) is 0 Å². The zero-order valence-electron chi connectivity index (χ0n) is 11.9. The van der Waals surface area contributed by atoms with Crippen molar-refractivity contribution in [2.45, 2.75) is 12.3 Å². The van der Waals surface area contributed by atoms with Crippen molar-refractivity contribution >= 4 is 39.1 Å². The maximum atomic E-state index is 12.6. The highest BCUT2D eigenvalue weighted by Crippen LogP contribution is 2.33. The van der Waals surface area contributed by atoms with Crippen LogP contribution in [0, 0.1) is 0 Å². The van der Waals surface area contributed by atoms with Gasteiger partial charge in [0.1, 0.15) is 5.69 Å². The third-order valence-corrected chi connectivity index (χ3v) is 5.50. The number of nitrogens with zero attached hydrogens (tertiary/aromatic N) is 1. The van der Waals surface area contributed by atoms with E-state index in [2.05, 4.69) is 11.1 Å². The van der Waals surface area contributed by atoms with Gasteiger partial charge >= 0.3 is 0 Å². The molecule has 1 amide bonds. The van der Waals surface area contributed by atoms with Gasteiger partial charge in [-0.05, 0) is 35.6 Å². The van der Waals surface area contributed by atoms with Crippen molar-refractivity contribution in [1.82, 2.24) is 9.88 Å². The monoisotopic (exact) mass is 330 g/mol. The van der Waals surface area contributed by atoms with E-state index in [-0.39, 0.29) is 5.91 Å². The van der Waals surface area contributed by atoms with Gasteiger partial charge in [0.05, 0.1) is 10.2 Å². The average Bonchev–Trinajstić information content (AvgIpc) is 3.22. The van der Waals surface area contributed by atoms with Crippen molar-refractivity contribution in [2.75, 3.05) is 13.1 Å². The minimum Gasteiger partial charge on any atom is -0.350 e. The van der Waals surface area contributed by atoms with Crippen LogP contribution in [-0.4, -0.2) is 28.9 Å². The van der Waals surface area contributed by atoms with Crippen molar-refractivity contribution in [2.24, 2.45) is 0 Å². The molecule has 5 heteroatoms. The van der Waals surface area contributed by atoms with Crippen molar-refractivity contribution in [1.29, 1.82) is 0 Å². The molecule has 1 N–H and O–H groups in total. The molecule has 3 aromatic rings. The molecule has 0 radical (unpaired) electrons. The quantitative estimate of drug-likeness (QED) is 0.737. The molecule has 0 aliphatic carbocycles. The Balaban J connectivity index is 1.54. The molecule has 0 spiro atoms. The van der Waals surface area contributed by atoms with Gasteiger partial charge < -0.3 is 9.88 Å². The third-order valence-electron chi connectivity index (χ3n) is 4.29. The van der Waals surface area contributed by atoms with Gasteiger partial charge in [-0.25, -0.2) is 0 Å². The normalized spacial score (nSPS) is 18.2. The van der Waals surface area contributed by atoms with Crippen molar-refractivity contribution in [3.63, 3.8) is 0 Å². The lowest BCUT2D eigenvalue weighted by Gasteiger charge is -2.16. The highest BCUT2D eigenvalue weighted by molar-refractivity contribution is 7.17. The van der Waals surface area contributed by atoms with E-state index in [0.29, 0.717) is 11.6 Å². The second-order valence-corrected chi connectivity index (χ2v) is 6.99. The molecule has 1 aliphatic rings. The SMILES string of the molecule is O=C(c1cc2sccc2[nH]1)N1CC[C@H](c2ccccc2Cl)C1. The molecule has 4 rings (SSSR count). The van der Waals surface area contributed by atoms with E-state index in [1.54, 1.807) is 11.3 Å². The van der Waals surface area contributed by atoms with Crippen LogP contribution in [0.15, 0.2) is 41.8 Å². The Morgan fingerprint density at radius 1 is 1.32 bits per heavy atom. The molecule has 22 heavy (non-hydrogen) atoms. The van der Waals surface area contributed by atoms with Gasteiger partial charge in [-0.1, -0.05) is 29.8 Å². The number of carbonyl (C=O) groups is 1. The summed E-state index contributed by atoms with van der Waals surface area (Å²) in [4.78, 5) is 17.8. The lowest BCUT2D eigenvalue weighted by atomic mass is 9.98. The summed E-state index contributed by atoms with van der Waals surface area (Å²) in [6.07, 6.45) is 0.963. The zero-order valence-corrected chi connectivity index (χ0v) is 13.5. The molecule has 0 bridgehead atoms. The second-order valence-electron chi connectivity index (χ2n) is 5.64. The van der Waals surface area contributed by atoms with Crippen molar-refractivity contribution in [3.05, 3.63) is 58.1 Å². The molecule has 1 aromatic carbocycles. The average molecular weight is 331 g/mol. The first-order valence-corrected chi connectivity index (χ1v) is 8.58. The number of hydrogen-bond acceptors (Lipinski definition) is 2. The van der Waals surface area contributed by atoms with Crippen LogP contribution in [0.2, 0.25) is 5.02 Å². The van der Waals surface area contributed by atoms with Crippen molar-refractivity contribution in [3.8, 4) is 0 Å². The Morgan fingerprint density at radius 3 is 3.00 bits per heavy atom. The van der Waals surface area contributed by atoms with Crippen LogP contribution in [0.1, 0.15) is 28.4 Å². The number of fused-ring (bicyclic) bond motifs is 1. The van der Waals surface area contributed by atoms with Gasteiger partial charge in [-0.2, -0.15) is 0 Å². The molecule has 3 nitrogen and oxygen atoms in total. The van der Waals surface area contributed by atoms with Gasteiger partial charge in [0.15, 0.2) is 0 Å². The molecule has 1 saturated heterocycles. The summed E-state index contributed by atoms with van der Waals surface area (Å²) in [5, 5.41) is 2.82. The van der Waals surface area contributed by atoms with Crippen LogP contribution in [0.3, 0.4) is 0 Å². The molecular weight excluding hydrogens is 316 g/mol. The Labute approximate surface area is 137 Å². The van der Waals surface area contributed by atoms with E-state index in [9.17, 15) is 4.79 Å². The number of carbonyl (C=O) groups excluding carboxylic acids is 1. The first kappa shape index (κ1) is 13.9. The Hall–Kier alpha value is -1.78. The molecule has 0 unspecified atom stereocenters. The van der Waals surface area contributed by atoms with Gasteiger partial charge in [0, 0.05) is 24.0 Å². The molecule has 1 atom stereocenters. The Morgan fingerprint density at radius 2 is 2.18 bits per heavy atom. The number of aromatic amines is 1. The van der Waals surface area contributed by atoms with E-state index < -0.39 is 0 Å². The largest absolute Gasteiger partial charge is 0.350 e. The first-order chi connectivity index (χ1) is 10.7. The lowest BCUT2D eigenvalue weighted by Crippen LogP contribution is -2.28. The highest BCUT2D eigenvalue weighted by Gasteiger charge is 2.29. The summed E-state index contributed by atoms with van der Waals surface area (Å²) in [5.74, 6) is 0.409. The van der Waals surface area contributed by atoms with E-state index in [1.165, 1.54) is 0 Å². The molecule has 1 aliphatic heterocycles. The summed E-state index contributed by atoms with van der Waals surface area (Å²) in [6.45, 7) is 1.51. The van der Waals surface area contributed by atoms with Crippen LogP contribution in [0.25, 0.3) is 10.2 Å². The zero-order chi connectivity index (χ0) is 15.1. The molecule has 0 saturated carbocycles. The van der Waals surface area contributed by atoms with Gasteiger partial charge in [-0.15, -0.1) is 11.3 Å². The molecular formula is C17H15ClN2OS. The maximum absolute atomic E-state index is 12.6. The number of thiophene rings is 1.